The third-order valence-electron chi connectivity index (χ3n) is 2.48. The van der Waals surface area contributed by atoms with Crippen LogP contribution in [0.25, 0.3) is 0 Å². The highest BCUT2D eigenvalue weighted by atomic mass is 32.2. The van der Waals surface area contributed by atoms with Crippen molar-refractivity contribution in [2.24, 2.45) is 0 Å². The zero-order chi connectivity index (χ0) is 20.0. The van der Waals surface area contributed by atoms with Crippen LogP contribution in [0.1, 0.15) is 40.5 Å². The van der Waals surface area contributed by atoms with Gasteiger partial charge in [-0.2, -0.15) is 26.3 Å². The fraction of sp³-hybridized carbons (Fsp3) is 1.00. The fourth-order valence-corrected chi connectivity index (χ4v) is 3.35. The van der Waals surface area contributed by atoms with Gasteiger partial charge in [0.25, 0.3) is 0 Å². The molecule has 0 aromatic heterocycles. The molecule has 0 aromatic carbocycles. The smallest absolute Gasteiger partial charge is 0.228 e. The third-order valence-corrected chi connectivity index (χ3v) is 6.73. The van der Waals surface area contributed by atoms with E-state index in [-0.39, 0.29) is 5.75 Å². The second kappa shape index (κ2) is 8.72. The molecule has 0 atom stereocenters. The van der Waals surface area contributed by atoms with Crippen molar-refractivity contribution in [2.75, 3.05) is 17.3 Å². The predicted molar refractivity (Wildman–Crippen MR) is 79.2 cm³/mol. The van der Waals surface area contributed by atoms with E-state index < -0.39 is 48.3 Å². The first-order valence-electron chi connectivity index (χ1n) is 6.78. The zero-order valence-corrected chi connectivity index (χ0v) is 15.4. The van der Waals surface area contributed by atoms with Gasteiger partial charge in [0.1, 0.15) is 11.5 Å². The van der Waals surface area contributed by atoms with Crippen LogP contribution in [-0.4, -0.2) is 51.2 Å². The molecular weight excluding hydrogens is 386 g/mol. The molecule has 0 saturated carbocycles. The molecule has 0 aliphatic carbocycles. The Bertz CT molecular complexity index is 568. The molecule has 0 bridgehead atoms. The molecule has 4 nitrogen and oxygen atoms in total. The van der Waals surface area contributed by atoms with Crippen molar-refractivity contribution < 1.29 is 43.2 Å². The van der Waals surface area contributed by atoms with E-state index in [1.54, 1.807) is 6.92 Å². The standard InChI is InChI=1S/2C6H11F3O2S/c1-5(2,3)12(10,11)4-6(7,8)9;1-2-3-4-12(10,11)5-6(7,8)9/h4H2,1-3H3;2-5H2,1H3. The highest BCUT2D eigenvalue weighted by molar-refractivity contribution is 7.92. The minimum atomic E-state index is -4.65. The molecule has 12 heteroatoms. The van der Waals surface area contributed by atoms with Crippen LogP contribution < -0.4 is 0 Å². The predicted octanol–water partition coefficient (Wildman–Crippen LogP) is 3.53. The van der Waals surface area contributed by atoms with Gasteiger partial charge in [-0.3, -0.25) is 0 Å². The van der Waals surface area contributed by atoms with Gasteiger partial charge in [0, 0.05) is 0 Å². The van der Waals surface area contributed by atoms with E-state index in [0.29, 0.717) is 12.8 Å². The normalized spacial score (nSPS) is 14.1. The average molecular weight is 408 g/mol. The summed E-state index contributed by atoms with van der Waals surface area (Å²) in [5.41, 5.74) is 0. The molecule has 0 N–H and O–H groups in total. The van der Waals surface area contributed by atoms with Crippen LogP contribution in [0.2, 0.25) is 0 Å². The lowest BCUT2D eigenvalue weighted by molar-refractivity contribution is -0.107. The SMILES string of the molecule is CC(C)(C)S(=O)(=O)CC(F)(F)F.CCCCS(=O)(=O)CC(F)(F)F. The van der Waals surface area contributed by atoms with Gasteiger partial charge in [-0.05, 0) is 27.2 Å². The Hall–Kier alpha value is -0.520. The van der Waals surface area contributed by atoms with E-state index in [9.17, 15) is 43.2 Å². The summed E-state index contributed by atoms with van der Waals surface area (Å²) in [5.74, 6) is -3.81. The van der Waals surface area contributed by atoms with Crippen molar-refractivity contribution in [1.29, 1.82) is 0 Å². The van der Waals surface area contributed by atoms with E-state index >= 15 is 0 Å². The van der Waals surface area contributed by atoms with E-state index in [0.717, 1.165) is 0 Å². The molecule has 0 aromatic rings. The minimum absolute atomic E-state index is 0.290. The second-order valence-electron chi connectivity index (χ2n) is 6.05. The monoisotopic (exact) mass is 408 g/mol. The number of hydrogen-bond donors (Lipinski definition) is 0. The number of alkyl halides is 6. The van der Waals surface area contributed by atoms with Gasteiger partial charge in [-0.15, -0.1) is 0 Å². The summed E-state index contributed by atoms with van der Waals surface area (Å²) in [6, 6.07) is 0. The van der Waals surface area contributed by atoms with Crippen LogP contribution >= 0.6 is 0 Å². The number of unbranched alkanes of at least 4 members (excludes halogenated alkanes) is 1. The van der Waals surface area contributed by atoms with Gasteiger partial charge in [0.05, 0.1) is 10.5 Å². The molecule has 0 rings (SSSR count). The van der Waals surface area contributed by atoms with E-state index in [1.807, 2.05) is 0 Å². The quantitative estimate of drug-likeness (QED) is 0.653. The summed E-state index contributed by atoms with van der Waals surface area (Å²) in [4.78, 5) is 0. The Morgan fingerprint density at radius 1 is 0.750 bits per heavy atom. The number of rotatable bonds is 5. The van der Waals surface area contributed by atoms with Crippen molar-refractivity contribution in [3.8, 4) is 0 Å². The lowest BCUT2D eigenvalue weighted by Crippen LogP contribution is -2.36. The Morgan fingerprint density at radius 3 is 1.33 bits per heavy atom. The van der Waals surface area contributed by atoms with Crippen LogP contribution in [0, 0.1) is 0 Å². The average Bonchev–Trinajstić information content (AvgIpc) is 2.18. The van der Waals surface area contributed by atoms with Crippen molar-refractivity contribution in [3.05, 3.63) is 0 Å². The summed E-state index contributed by atoms with van der Waals surface area (Å²) in [6.45, 7) is 5.46. The molecule has 24 heavy (non-hydrogen) atoms. The van der Waals surface area contributed by atoms with Crippen molar-refractivity contribution in [3.63, 3.8) is 0 Å². The van der Waals surface area contributed by atoms with Gasteiger partial charge >= 0.3 is 12.4 Å². The highest BCUT2D eigenvalue weighted by Crippen LogP contribution is 2.24. The maximum Gasteiger partial charge on any atom is 0.402 e. The summed E-state index contributed by atoms with van der Waals surface area (Å²) < 4.78 is 112. The van der Waals surface area contributed by atoms with Gasteiger partial charge in [-0.25, -0.2) is 16.8 Å². The molecule has 0 saturated heterocycles. The van der Waals surface area contributed by atoms with Crippen molar-refractivity contribution in [2.45, 2.75) is 57.6 Å². The molecule has 0 aliphatic heterocycles. The molecule has 0 unspecified atom stereocenters. The Morgan fingerprint density at radius 2 is 1.12 bits per heavy atom. The summed E-state index contributed by atoms with van der Waals surface area (Å²) >= 11 is 0. The molecule has 0 aliphatic rings. The maximum absolute atomic E-state index is 11.7. The Labute approximate surface area is 138 Å². The summed E-state index contributed by atoms with van der Waals surface area (Å²) in [7, 11) is -8.01. The lowest BCUT2D eigenvalue weighted by Gasteiger charge is -2.19. The van der Waals surface area contributed by atoms with E-state index in [1.165, 1.54) is 20.8 Å². The fourth-order valence-electron chi connectivity index (χ4n) is 1.12. The zero-order valence-electron chi connectivity index (χ0n) is 13.8. The topological polar surface area (TPSA) is 68.3 Å². The first-order valence-corrected chi connectivity index (χ1v) is 10.3. The Kier molecular flexibility index (Phi) is 9.35. The third kappa shape index (κ3) is 13.9. The van der Waals surface area contributed by atoms with E-state index in [2.05, 4.69) is 0 Å². The number of sulfone groups is 2. The lowest BCUT2D eigenvalue weighted by atomic mass is 10.3. The maximum atomic E-state index is 11.7. The molecule has 0 spiro atoms. The van der Waals surface area contributed by atoms with Gasteiger partial charge in [-0.1, -0.05) is 13.3 Å². The van der Waals surface area contributed by atoms with Crippen LogP contribution in [-0.2, 0) is 19.7 Å². The van der Waals surface area contributed by atoms with Crippen LogP contribution in [0.4, 0.5) is 26.3 Å². The number of hydrogen-bond acceptors (Lipinski definition) is 4. The molecule has 0 heterocycles. The second-order valence-corrected chi connectivity index (χ2v) is 11.0. The van der Waals surface area contributed by atoms with Gasteiger partial charge in [0.2, 0.25) is 0 Å². The first-order chi connectivity index (χ1) is 10.2. The first kappa shape index (κ1) is 25.7. The highest BCUT2D eigenvalue weighted by Gasteiger charge is 2.41. The largest absolute Gasteiger partial charge is 0.402 e. The Balaban J connectivity index is 0. The van der Waals surface area contributed by atoms with Crippen LogP contribution in [0.15, 0.2) is 0 Å². The van der Waals surface area contributed by atoms with Crippen molar-refractivity contribution >= 4 is 19.7 Å². The summed E-state index contributed by atoms with van der Waals surface area (Å²) in [5, 5.41) is 0. The molecule has 0 amide bonds. The van der Waals surface area contributed by atoms with Gasteiger partial charge < -0.3 is 0 Å². The molecule has 148 valence electrons. The van der Waals surface area contributed by atoms with E-state index in [4.69, 9.17) is 0 Å². The van der Waals surface area contributed by atoms with Crippen LogP contribution in [0.3, 0.4) is 0 Å². The molecule has 0 fully saturated rings. The molecular formula is C12H22F6O4S2. The molecule has 0 radical (unpaired) electrons. The summed E-state index contributed by atoms with van der Waals surface area (Å²) in [6.07, 6.45) is -8.38. The van der Waals surface area contributed by atoms with Gasteiger partial charge in [0.15, 0.2) is 19.7 Å². The number of halogens is 6. The minimum Gasteiger partial charge on any atom is -0.228 e. The van der Waals surface area contributed by atoms with Crippen molar-refractivity contribution in [1.82, 2.24) is 0 Å². The van der Waals surface area contributed by atoms with Crippen LogP contribution in [0.5, 0.6) is 0 Å².